The number of carbonyl (C=O) groups is 1. The monoisotopic (exact) mass is 966 g/mol. The molecule has 3 fully saturated rings. The van der Waals surface area contributed by atoms with Crippen molar-refractivity contribution in [3.05, 3.63) is 24.3 Å². The quantitative estimate of drug-likeness (QED) is 0.0319. The lowest BCUT2D eigenvalue weighted by Gasteiger charge is -2.48. The first-order chi connectivity index (χ1) is 32.3. The molecular weight excluding hydrogens is 879 g/mol. The number of aliphatic hydroxyl groups excluding tert-OH is 11. The van der Waals surface area contributed by atoms with Gasteiger partial charge >= 0.3 is 0 Å². The molecule has 0 saturated carbocycles. The maximum Gasteiger partial charge on any atom is 0.220 e. The maximum absolute atomic E-state index is 13.1. The van der Waals surface area contributed by atoms with Crippen LogP contribution in [0.5, 0.6) is 0 Å². The van der Waals surface area contributed by atoms with Crippen LogP contribution in [0.4, 0.5) is 0 Å². The van der Waals surface area contributed by atoms with Crippen LogP contribution >= 0.6 is 0 Å². The summed E-state index contributed by atoms with van der Waals surface area (Å²) in [6.45, 7) is 1.62. The normalized spacial score (nSPS) is 33.7. The summed E-state index contributed by atoms with van der Waals surface area (Å²) in [5.41, 5.74) is 0. The molecule has 17 unspecified atom stereocenters. The van der Waals surface area contributed by atoms with Crippen molar-refractivity contribution in [2.75, 3.05) is 26.4 Å². The molecule has 3 aliphatic rings. The fourth-order valence-electron chi connectivity index (χ4n) is 8.50. The largest absolute Gasteiger partial charge is 0.394 e. The zero-order chi connectivity index (χ0) is 49.1. The van der Waals surface area contributed by atoms with E-state index in [0.29, 0.717) is 12.8 Å². The summed E-state index contributed by atoms with van der Waals surface area (Å²) < 4.78 is 34.0. The molecule has 1 amide bonds. The minimum Gasteiger partial charge on any atom is -0.394 e. The SMILES string of the molecule is CCCCCCCC/C=C/CC/C=C/C(O)C(COC1OC(CO)C(OC2OC(CO)C(OC3OC(CO)C(O)C(O)C3O)C(O)C2O)C(O)C1O)NC(=O)CCCCCCCCCCCC. The van der Waals surface area contributed by atoms with E-state index in [-0.39, 0.29) is 18.9 Å². The van der Waals surface area contributed by atoms with Crippen LogP contribution in [-0.2, 0) is 33.2 Å². The van der Waals surface area contributed by atoms with Crippen molar-refractivity contribution in [2.24, 2.45) is 0 Å². The summed E-state index contributed by atoms with van der Waals surface area (Å²) in [5, 5.41) is 119. The van der Waals surface area contributed by atoms with Crippen molar-refractivity contribution in [1.82, 2.24) is 5.32 Å². The van der Waals surface area contributed by atoms with E-state index in [1.807, 2.05) is 6.08 Å². The topological polar surface area (TPSA) is 307 Å². The molecule has 0 radical (unpaired) electrons. The zero-order valence-corrected chi connectivity index (χ0v) is 39.9. The highest BCUT2D eigenvalue weighted by atomic mass is 16.8. The summed E-state index contributed by atoms with van der Waals surface area (Å²) >= 11 is 0. The van der Waals surface area contributed by atoms with Gasteiger partial charge in [-0.15, -0.1) is 0 Å². The molecule has 0 spiro atoms. The van der Waals surface area contributed by atoms with Gasteiger partial charge in [-0.25, -0.2) is 0 Å². The van der Waals surface area contributed by atoms with Crippen molar-refractivity contribution >= 4 is 5.91 Å². The average molecular weight is 966 g/mol. The van der Waals surface area contributed by atoms with Crippen molar-refractivity contribution < 1.29 is 89.4 Å². The minimum absolute atomic E-state index is 0.237. The predicted octanol–water partition coefficient (Wildman–Crippen LogP) is 1.25. The van der Waals surface area contributed by atoms with Crippen molar-refractivity contribution in [1.29, 1.82) is 0 Å². The lowest BCUT2D eigenvalue weighted by molar-refractivity contribution is -0.379. The summed E-state index contributed by atoms with van der Waals surface area (Å²) in [6, 6.07) is -0.981. The van der Waals surface area contributed by atoms with E-state index in [1.165, 1.54) is 70.6 Å². The number of unbranched alkanes of at least 4 members (excludes halogenated alkanes) is 16. The maximum atomic E-state index is 13.1. The van der Waals surface area contributed by atoms with Gasteiger partial charge in [-0.05, 0) is 32.1 Å². The first kappa shape index (κ1) is 59.6. The van der Waals surface area contributed by atoms with Crippen LogP contribution in [0.1, 0.15) is 142 Å². The molecule has 67 heavy (non-hydrogen) atoms. The van der Waals surface area contributed by atoms with E-state index >= 15 is 0 Å². The van der Waals surface area contributed by atoms with Gasteiger partial charge in [-0.2, -0.15) is 0 Å². The number of allylic oxidation sites excluding steroid dienone is 3. The number of hydrogen-bond donors (Lipinski definition) is 12. The van der Waals surface area contributed by atoms with Gasteiger partial charge in [-0.1, -0.05) is 128 Å². The number of carbonyl (C=O) groups excluding carboxylic acids is 1. The van der Waals surface area contributed by atoms with Gasteiger partial charge in [0.2, 0.25) is 5.91 Å². The molecule has 0 aromatic heterocycles. The number of nitrogens with one attached hydrogen (secondary N) is 1. The molecule has 392 valence electrons. The van der Waals surface area contributed by atoms with Crippen molar-refractivity contribution in [3.8, 4) is 0 Å². The standard InChI is InChI=1S/C48H87NO18/c1-3-5-7-9-11-13-15-16-17-19-21-23-25-32(53)31(49-36(54)26-24-22-20-18-14-12-10-8-6-4-2)30-62-46-42(60)39(57)44(34(28-51)64-46)67-48-43(61)40(58)45(35(29-52)65-48)66-47-41(59)38(56)37(55)33(27-50)63-47/h16-17,23,25,31-35,37-48,50-53,55-61H,3-15,18-22,24,26-30H2,1-2H3,(H,49,54)/b17-16+,25-23+. The van der Waals surface area contributed by atoms with Crippen molar-refractivity contribution in [3.63, 3.8) is 0 Å². The van der Waals surface area contributed by atoms with Crippen LogP contribution < -0.4 is 5.32 Å². The van der Waals surface area contributed by atoms with Crippen molar-refractivity contribution in [2.45, 2.75) is 247 Å². The molecular formula is C48H87NO18. The Morgan fingerprint density at radius 2 is 0.955 bits per heavy atom. The van der Waals surface area contributed by atoms with E-state index < -0.39 is 124 Å². The lowest BCUT2D eigenvalue weighted by atomic mass is 9.96. The van der Waals surface area contributed by atoms with Crippen LogP contribution in [-0.4, -0.2) is 193 Å². The molecule has 19 nitrogen and oxygen atoms in total. The third-order valence-corrected chi connectivity index (χ3v) is 12.8. The molecule has 0 aliphatic carbocycles. The van der Waals surface area contributed by atoms with Gasteiger partial charge in [0, 0.05) is 6.42 Å². The van der Waals surface area contributed by atoms with Gasteiger partial charge in [0.25, 0.3) is 0 Å². The van der Waals surface area contributed by atoms with Gasteiger partial charge in [0.05, 0.1) is 38.6 Å². The Morgan fingerprint density at radius 1 is 0.522 bits per heavy atom. The van der Waals surface area contributed by atoms with Gasteiger partial charge < -0.3 is 89.9 Å². The second-order valence-electron chi connectivity index (χ2n) is 18.3. The van der Waals surface area contributed by atoms with Gasteiger partial charge in [0.1, 0.15) is 73.2 Å². The number of amides is 1. The van der Waals surface area contributed by atoms with Crippen LogP contribution in [0.15, 0.2) is 24.3 Å². The second-order valence-corrected chi connectivity index (χ2v) is 18.3. The highest BCUT2D eigenvalue weighted by Gasteiger charge is 2.53. The smallest absolute Gasteiger partial charge is 0.220 e. The zero-order valence-electron chi connectivity index (χ0n) is 39.9. The van der Waals surface area contributed by atoms with Crippen LogP contribution in [0, 0.1) is 0 Å². The van der Waals surface area contributed by atoms with E-state index in [9.17, 15) is 61.0 Å². The second kappa shape index (κ2) is 33.8. The molecule has 12 N–H and O–H groups in total. The molecule has 0 aromatic rings. The molecule has 3 heterocycles. The minimum atomic E-state index is -1.98. The molecule has 3 rings (SSSR count). The summed E-state index contributed by atoms with van der Waals surface area (Å²) in [5.74, 6) is -0.291. The fourth-order valence-corrected chi connectivity index (χ4v) is 8.50. The molecule has 17 atom stereocenters. The summed E-state index contributed by atoms with van der Waals surface area (Å²) in [6.07, 6.45) is 2.01. The Balaban J connectivity index is 1.59. The highest BCUT2D eigenvalue weighted by molar-refractivity contribution is 5.76. The molecule has 0 aromatic carbocycles. The summed E-state index contributed by atoms with van der Waals surface area (Å²) in [4.78, 5) is 13.1. The summed E-state index contributed by atoms with van der Waals surface area (Å²) in [7, 11) is 0. The lowest BCUT2D eigenvalue weighted by Crippen LogP contribution is -2.66. The average Bonchev–Trinajstić information content (AvgIpc) is 3.32. The third kappa shape index (κ3) is 20.1. The Labute approximate surface area is 397 Å². The highest BCUT2D eigenvalue weighted by Crippen LogP contribution is 2.33. The fraction of sp³-hybridized carbons (Fsp3) is 0.896. The van der Waals surface area contributed by atoms with Crippen LogP contribution in [0.2, 0.25) is 0 Å². The Hall–Kier alpha value is -1.73. The number of ether oxygens (including phenoxy) is 6. The first-order valence-electron chi connectivity index (χ1n) is 25.1. The Kier molecular flexibility index (Phi) is 30.0. The number of aliphatic hydroxyl groups is 11. The van der Waals surface area contributed by atoms with E-state index in [4.69, 9.17) is 28.4 Å². The molecule has 3 saturated heterocycles. The third-order valence-electron chi connectivity index (χ3n) is 12.8. The molecule has 19 heteroatoms. The van der Waals surface area contributed by atoms with Crippen LogP contribution in [0.3, 0.4) is 0 Å². The van der Waals surface area contributed by atoms with E-state index in [2.05, 4.69) is 31.3 Å². The van der Waals surface area contributed by atoms with Crippen LogP contribution in [0.25, 0.3) is 0 Å². The predicted molar refractivity (Wildman–Crippen MR) is 245 cm³/mol. The number of hydrogen-bond acceptors (Lipinski definition) is 18. The first-order valence-corrected chi connectivity index (χ1v) is 25.1. The van der Waals surface area contributed by atoms with E-state index in [0.717, 1.165) is 38.5 Å². The van der Waals surface area contributed by atoms with Gasteiger partial charge in [0.15, 0.2) is 18.9 Å². The Bertz CT molecular complexity index is 1340. The molecule has 3 aliphatic heterocycles. The van der Waals surface area contributed by atoms with E-state index in [1.54, 1.807) is 6.08 Å². The molecule has 0 bridgehead atoms. The number of rotatable bonds is 34. The van der Waals surface area contributed by atoms with Gasteiger partial charge in [-0.3, -0.25) is 4.79 Å². The Morgan fingerprint density at radius 3 is 1.49 bits per heavy atom.